The van der Waals surface area contributed by atoms with E-state index in [0.717, 1.165) is 0 Å². The van der Waals surface area contributed by atoms with Crippen LogP contribution in [0.3, 0.4) is 0 Å². The molecule has 0 radical (unpaired) electrons. The maximum Gasteiger partial charge on any atom is 0.220 e. The van der Waals surface area contributed by atoms with Gasteiger partial charge >= 0.3 is 0 Å². The Morgan fingerprint density at radius 3 is 2.27 bits per heavy atom. The third-order valence-electron chi connectivity index (χ3n) is 3.96. The Labute approximate surface area is 136 Å². The second-order valence-corrected chi connectivity index (χ2v) is 6.70. The van der Waals surface area contributed by atoms with E-state index < -0.39 is 11.5 Å². The van der Waals surface area contributed by atoms with Gasteiger partial charge in [-0.25, -0.2) is 0 Å². The number of hydrogen-bond acceptors (Lipinski definition) is 3. The van der Waals surface area contributed by atoms with Crippen molar-refractivity contribution in [3.8, 4) is 0 Å². The van der Waals surface area contributed by atoms with E-state index in [0.29, 0.717) is 10.6 Å². The number of carbonyl (C=O) groups is 2. The summed E-state index contributed by atoms with van der Waals surface area (Å²) >= 11 is 5.79. The van der Waals surface area contributed by atoms with Crippen molar-refractivity contribution < 1.29 is 14.7 Å². The Morgan fingerprint density at radius 2 is 1.77 bits per heavy atom. The molecule has 0 aliphatic heterocycles. The smallest absolute Gasteiger partial charge is 0.220 e. The van der Waals surface area contributed by atoms with Gasteiger partial charge in [0.2, 0.25) is 5.91 Å². The van der Waals surface area contributed by atoms with Crippen molar-refractivity contribution in [2.45, 2.75) is 39.7 Å². The molecule has 1 rings (SSSR count). The van der Waals surface area contributed by atoms with E-state index in [9.17, 15) is 14.7 Å². The number of hydrogen-bond donors (Lipinski definition) is 2. The summed E-state index contributed by atoms with van der Waals surface area (Å²) in [6, 6.07) is 6.62. The standard InChI is InChI=1S/C17H24ClNO3/c1-11(2)17(4,22)10-19-15(20)9-12(3)16(21)13-5-7-14(18)8-6-13/h5-8,11-12,22H,9-10H2,1-4H3,(H,19,20). The first kappa shape index (κ1) is 18.7. The Balaban J connectivity index is 2.53. The molecule has 122 valence electrons. The van der Waals surface area contributed by atoms with Crippen LogP contribution in [0.15, 0.2) is 24.3 Å². The van der Waals surface area contributed by atoms with Crippen LogP contribution in [0.5, 0.6) is 0 Å². The molecular formula is C17H24ClNO3. The van der Waals surface area contributed by atoms with Crippen molar-refractivity contribution in [2.24, 2.45) is 11.8 Å². The van der Waals surface area contributed by atoms with Crippen molar-refractivity contribution in [1.29, 1.82) is 0 Å². The normalized spacial score (nSPS) is 15.2. The summed E-state index contributed by atoms with van der Waals surface area (Å²) in [6.07, 6.45) is 0.0929. The fourth-order valence-corrected chi connectivity index (χ4v) is 1.95. The van der Waals surface area contributed by atoms with Gasteiger partial charge in [-0.3, -0.25) is 9.59 Å². The lowest BCUT2D eigenvalue weighted by atomic mass is 9.92. The number of benzene rings is 1. The molecule has 1 aromatic carbocycles. The number of halogens is 1. The van der Waals surface area contributed by atoms with E-state index in [1.807, 2.05) is 13.8 Å². The Kier molecular flexibility index (Phi) is 6.57. The van der Waals surface area contributed by atoms with Crippen LogP contribution in [0, 0.1) is 11.8 Å². The molecule has 0 fully saturated rings. The van der Waals surface area contributed by atoms with Gasteiger partial charge in [0.25, 0.3) is 0 Å². The van der Waals surface area contributed by atoms with Gasteiger partial charge in [0.1, 0.15) is 0 Å². The minimum absolute atomic E-state index is 0.0286. The van der Waals surface area contributed by atoms with Crippen molar-refractivity contribution in [2.75, 3.05) is 6.54 Å². The summed E-state index contributed by atoms with van der Waals surface area (Å²) in [5.41, 5.74) is -0.419. The highest BCUT2D eigenvalue weighted by Crippen LogP contribution is 2.17. The zero-order valence-corrected chi connectivity index (χ0v) is 14.3. The molecular weight excluding hydrogens is 302 g/mol. The van der Waals surface area contributed by atoms with Gasteiger partial charge in [-0.05, 0) is 37.1 Å². The van der Waals surface area contributed by atoms with E-state index in [1.165, 1.54) is 0 Å². The van der Waals surface area contributed by atoms with E-state index >= 15 is 0 Å². The van der Waals surface area contributed by atoms with Gasteiger partial charge in [0.15, 0.2) is 5.78 Å². The molecule has 0 aliphatic carbocycles. The van der Waals surface area contributed by atoms with Crippen LogP contribution >= 0.6 is 11.6 Å². The quantitative estimate of drug-likeness (QED) is 0.757. The second kappa shape index (κ2) is 7.75. The van der Waals surface area contributed by atoms with E-state index in [2.05, 4.69) is 5.32 Å². The minimum Gasteiger partial charge on any atom is -0.388 e. The SMILES string of the molecule is CC(CC(=O)NCC(C)(O)C(C)C)C(=O)c1ccc(Cl)cc1. The molecule has 0 saturated carbocycles. The number of amides is 1. The first-order valence-corrected chi connectivity index (χ1v) is 7.80. The fourth-order valence-electron chi connectivity index (χ4n) is 1.82. The van der Waals surface area contributed by atoms with E-state index in [1.54, 1.807) is 38.1 Å². The summed E-state index contributed by atoms with van der Waals surface area (Å²) < 4.78 is 0. The van der Waals surface area contributed by atoms with Gasteiger partial charge in [-0.15, -0.1) is 0 Å². The first-order chi connectivity index (χ1) is 10.1. The van der Waals surface area contributed by atoms with Gasteiger partial charge in [-0.1, -0.05) is 32.4 Å². The first-order valence-electron chi connectivity index (χ1n) is 7.42. The van der Waals surface area contributed by atoms with Crippen LogP contribution in [0.2, 0.25) is 5.02 Å². The Morgan fingerprint density at radius 1 is 1.23 bits per heavy atom. The zero-order chi connectivity index (χ0) is 16.9. The van der Waals surface area contributed by atoms with Crippen LogP contribution in [-0.4, -0.2) is 28.9 Å². The second-order valence-electron chi connectivity index (χ2n) is 6.26. The van der Waals surface area contributed by atoms with Crippen molar-refractivity contribution in [1.82, 2.24) is 5.32 Å². The molecule has 5 heteroatoms. The Hall–Kier alpha value is -1.39. The highest BCUT2D eigenvalue weighted by Gasteiger charge is 2.26. The lowest BCUT2D eigenvalue weighted by Gasteiger charge is -2.28. The van der Waals surface area contributed by atoms with Gasteiger partial charge in [-0.2, -0.15) is 0 Å². The molecule has 4 nitrogen and oxygen atoms in total. The van der Waals surface area contributed by atoms with Gasteiger partial charge in [0.05, 0.1) is 5.60 Å². The highest BCUT2D eigenvalue weighted by atomic mass is 35.5. The average Bonchev–Trinajstić information content (AvgIpc) is 2.45. The molecule has 2 unspecified atom stereocenters. The number of nitrogens with one attached hydrogen (secondary N) is 1. The number of ketones is 1. The lowest BCUT2D eigenvalue weighted by Crippen LogP contribution is -2.44. The summed E-state index contributed by atoms with van der Waals surface area (Å²) in [5, 5.41) is 13.3. The van der Waals surface area contributed by atoms with E-state index in [-0.39, 0.29) is 30.6 Å². The van der Waals surface area contributed by atoms with Crippen molar-refractivity contribution >= 4 is 23.3 Å². The largest absolute Gasteiger partial charge is 0.388 e. The predicted octanol–water partition coefficient (Wildman–Crippen LogP) is 3.07. The van der Waals surface area contributed by atoms with Crippen LogP contribution in [0.4, 0.5) is 0 Å². The molecule has 2 atom stereocenters. The zero-order valence-electron chi connectivity index (χ0n) is 13.5. The summed E-state index contributed by atoms with van der Waals surface area (Å²) in [4.78, 5) is 24.1. The molecule has 2 N–H and O–H groups in total. The lowest BCUT2D eigenvalue weighted by molar-refractivity contribution is -0.123. The maximum atomic E-state index is 12.2. The molecule has 0 spiro atoms. The van der Waals surface area contributed by atoms with Crippen LogP contribution < -0.4 is 5.32 Å². The molecule has 0 saturated heterocycles. The topological polar surface area (TPSA) is 66.4 Å². The summed E-state index contributed by atoms with van der Waals surface area (Å²) in [7, 11) is 0. The molecule has 1 amide bonds. The highest BCUT2D eigenvalue weighted by molar-refractivity contribution is 6.30. The third-order valence-corrected chi connectivity index (χ3v) is 4.21. The summed E-state index contributed by atoms with van der Waals surface area (Å²) in [6.45, 7) is 7.35. The number of Topliss-reactive ketones (excluding diaryl/α,β-unsaturated/α-hetero) is 1. The predicted molar refractivity (Wildman–Crippen MR) is 88.0 cm³/mol. The fraction of sp³-hybridized carbons (Fsp3) is 0.529. The average molecular weight is 326 g/mol. The van der Waals surface area contributed by atoms with Gasteiger partial charge < -0.3 is 10.4 Å². The molecule has 0 heterocycles. The van der Waals surface area contributed by atoms with Gasteiger partial charge in [0, 0.05) is 29.5 Å². The molecule has 0 aliphatic rings. The van der Waals surface area contributed by atoms with E-state index in [4.69, 9.17) is 11.6 Å². The number of aliphatic hydroxyl groups is 1. The maximum absolute atomic E-state index is 12.2. The van der Waals surface area contributed by atoms with Crippen LogP contribution in [-0.2, 0) is 4.79 Å². The van der Waals surface area contributed by atoms with Crippen LogP contribution in [0.1, 0.15) is 44.5 Å². The Bertz CT molecular complexity index is 523. The molecule has 0 aromatic heterocycles. The number of rotatable bonds is 7. The van der Waals surface area contributed by atoms with Crippen molar-refractivity contribution in [3.63, 3.8) is 0 Å². The molecule has 0 bridgehead atoms. The molecule has 1 aromatic rings. The van der Waals surface area contributed by atoms with Crippen LogP contribution in [0.25, 0.3) is 0 Å². The monoisotopic (exact) mass is 325 g/mol. The molecule has 22 heavy (non-hydrogen) atoms. The minimum atomic E-state index is -0.959. The third kappa shape index (κ3) is 5.43. The summed E-state index contributed by atoms with van der Waals surface area (Å²) in [5.74, 6) is -0.732. The van der Waals surface area contributed by atoms with Crippen molar-refractivity contribution in [3.05, 3.63) is 34.9 Å². The number of carbonyl (C=O) groups excluding carboxylic acids is 2.